The van der Waals surface area contributed by atoms with E-state index in [-0.39, 0.29) is 0 Å². The average molecular weight is 279 g/mol. The summed E-state index contributed by atoms with van der Waals surface area (Å²) in [6.07, 6.45) is 25.8. The van der Waals surface area contributed by atoms with E-state index < -0.39 is 0 Å². The van der Waals surface area contributed by atoms with Gasteiger partial charge < -0.3 is 0 Å². The second-order valence-electron chi connectivity index (χ2n) is 7.93. The van der Waals surface area contributed by atoms with Crippen LogP contribution in [0.25, 0.3) is 0 Å². The third kappa shape index (κ3) is 5.41. The molecule has 2 bridgehead atoms. The van der Waals surface area contributed by atoms with Crippen LogP contribution < -0.4 is 0 Å². The van der Waals surface area contributed by atoms with Gasteiger partial charge in [0.25, 0.3) is 0 Å². The van der Waals surface area contributed by atoms with Crippen LogP contribution in [-0.2, 0) is 0 Å². The second-order valence-corrected chi connectivity index (χ2v) is 7.93. The molecule has 0 aromatic carbocycles. The smallest absolute Gasteiger partial charge is 0.0295 e. The highest BCUT2D eigenvalue weighted by molar-refractivity contribution is 4.88. The lowest BCUT2D eigenvalue weighted by molar-refractivity contribution is 0.223. The molecule has 2 unspecified atom stereocenters. The van der Waals surface area contributed by atoms with Gasteiger partial charge in [0, 0.05) is 0 Å². The van der Waals surface area contributed by atoms with E-state index in [0.29, 0.717) is 0 Å². The maximum absolute atomic E-state index is 2.40. The van der Waals surface area contributed by atoms with E-state index in [0.717, 1.165) is 11.3 Å². The zero-order valence-electron chi connectivity index (χ0n) is 14.1. The molecule has 0 radical (unpaired) electrons. The summed E-state index contributed by atoms with van der Waals surface area (Å²) in [6.45, 7) is 2.40. The third-order valence-electron chi connectivity index (χ3n) is 6.15. The third-order valence-corrected chi connectivity index (χ3v) is 6.15. The van der Waals surface area contributed by atoms with Crippen LogP contribution in [0.15, 0.2) is 0 Å². The van der Waals surface area contributed by atoms with Crippen molar-refractivity contribution in [1.29, 1.82) is 0 Å². The van der Waals surface area contributed by atoms with Crippen molar-refractivity contribution in [2.75, 3.05) is 0 Å². The van der Waals surface area contributed by atoms with Gasteiger partial charge >= 0.3 is 0 Å². The molecule has 2 saturated carbocycles. The van der Waals surface area contributed by atoms with E-state index in [1.807, 2.05) is 0 Å². The van der Waals surface area contributed by atoms with E-state index in [1.165, 1.54) is 77.0 Å². The molecule has 0 heteroatoms. The Morgan fingerprint density at radius 3 is 1.95 bits per heavy atom. The van der Waals surface area contributed by atoms with E-state index in [1.54, 1.807) is 32.1 Å². The quantitative estimate of drug-likeness (QED) is 0.498. The fourth-order valence-electron chi connectivity index (χ4n) is 5.03. The van der Waals surface area contributed by atoms with Crippen molar-refractivity contribution in [3.8, 4) is 0 Å². The molecule has 0 aromatic heterocycles. The molecule has 2 aliphatic rings. The Morgan fingerprint density at radius 1 is 0.700 bits per heavy atom. The van der Waals surface area contributed by atoms with Gasteiger partial charge in [-0.3, -0.25) is 0 Å². The van der Waals surface area contributed by atoms with Crippen LogP contribution in [0.4, 0.5) is 0 Å². The van der Waals surface area contributed by atoms with Crippen LogP contribution in [0.2, 0.25) is 0 Å². The number of rotatable bonds is 2. The van der Waals surface area contributed by atoms with Crippen LogP contribution in [0.3, 0.4) is 0 Å². The van der Waals surface area contributed by atoms with Crippen molar-refractivity contribution in [3.05, 3.63) is 0 Å². The van der Waals surface area contributed by atoms with Crippen molar-refractivity contribution in [1.82, 2.24) is 0 Å². The number of fused-ring (bicyclic) bond motifs is 2. The molecule has 0 aliphatic heterocycles. The van der Waals surface area contributed by atoms with Crippen LogP contribution in [0.5, 0.6) is 0 Å². The highest BCUT2D eigenvalue weighted by Crippen LogP contribution is 2.50. The van der Waals surface area contributed by atoms with Crippen molar-refractivity contribution in [2.45, 2.75) is 116 Å². The van der Waals surface area contributed by atoms with Gasteiger partial charge in [-0.1, -0.05) is 84.0 Å². The Kier molecular flexibility index (Phi) is 7.45. The van der Waals surface area contributed by atoms with Crippen molar-refractivity contribution in [2.24, 2.45) is 11.3 Å². The molecule has 2 atom stereocenters. The molecule has 0 nitrogen and oxygen atoms in total. The standard InChI is InChI=1S/C20H38/c1-2-15-20-16-12-10-8-6-4-3-5-7-9-11-13-19(18-20)14-17-20/h19H,2-18H2,1H3. The molecule has 2 fully saturated rings. The van der Waals surface area contributed by atoms with Gasteiger partial charge in [0.2, 0.25) is 0 Å². The Morgan fingerprint density at radius 2 is 1.30 bits per heavy atom. The van der Waals surface area contributed by atoms with Gasteiger partial charge in [-0.2, -0.15) is 0 Å². The fourth-order valence-corrected chi connectivity index (χ4v) is 5.03. The molecular weight excluding hydrogens is 240 g/mol. The number of hydrogen-bond donors (Lipinski definition) is 0. The van der Waals surface area contributed by atoms with E-state index in [4.69, 9.17) is 0 Å². The molecular formula is C20H38. The molecule has 0 spiro atoms. The first-order chi connectivity index (χ1) is 9.85. The topological polar surface area (TPSA) is 0 Å². The molecule has 20 heavy (non-hydrogen) atoms. The van der Waals surface area contributed by atoms with Gasteiger partial charge in [0.05, 0.1) is 0 Å². The summed E-state index contributed by atoms with van der Waals surface area (Å²) in [7, 11) is 0. The highest BCUT2D eigenvalue weighted by atomic mass is 14.4. The molecule has 0 heterocycles. The van der Waals surface area contributed by atoms with Gasteiger partial charge in [0.1, 0.15) is 0 Å². The molecule has 0 saturated heterocycles. The van der Waals surface area contributed by atoms with Gasteiger partial charge in [0.15, 0.2) is 0 Å². The largest absolute Gasteiger partial charge is 0.0654 e. The first-order valence-corrected chi connectivity index (χ1v) is 9.85. The Labute approximate surface area is 128 Å². The van der Waals surface area contributed by atoms with Crippen LogP contribution in [0, 0.1) is 11.3 Å². The highest BCUT2D eigenvalue weighted by Gasteiger charge is 2.37. The molecule has 0 amide bonds. The zero-order valence-corrected chi connectivity index (χ0v) is 14.1. The monoisotopic (exact) mass is 278 g/mol. The van der Waals surface area contributed by atoms with Gasteiger partial charge in [-0.25, -0.2) is 0 Å². The van der Waals surface area contributed by atoms with Crippen molar-refractivity contribution in [3.63, 3.8) is 0 Å². The van der Waals surface area contributed by atoms with Crippen molar-refractivity contribution >= 4 is 0 Å². The minimum Gasteiger partial charge on any atom is -0.0654 e. The predicted molar refractivity (Wildman–Crippen MR) is 90.1 cm³/mol. The normalized spacial score (nSPS) is 34.4. The fraction of sp³-hybridized carbons (Fsp3) is 1.00. The van der Waals surface area contributed by atoms with E-state index in [9.17, 15) is 0 Å². The lowest BCUT2D eigenvalue weighted by atomic mass is 9.76. The summed E-state index contributed by atoms with van der Waals surface area (Å²) in [4.78, 5) is 0. The van der Waals surface area contributed by atoms with Crippen LogP contribution in [0.1, 0.15) is 116 Å². The lowest BCUT2D eigenvalue weighted by Crippen LogP contribution is -2.17. The summed E-state index contributed by atoms with van der Waals surface area (Å²) < 4.78 is 0. The second kappa shape index (κ2) is 9.11. The first-order valence-electron chi connectivity index (χ1n) is 9.85. The Bertz CT molecular complexity index is 244. The predicted octanol–water partition coefficient (Wildman–Crippen LogP) is 7.27. The SMILES string of the molecule is CCCC12CCCCCCCCCCCCC(CC1)C2. The van der Waals surface area contributed by atoms with Crippen LogP contribution in [-0.4, -0.2) is 0 Å². The zero-order chi connectivity index (χ0) is 14.1. The van der Waals surface area contributed by atoms with Gasteiger partial charge in [-0.05, 0) is 43.4 Å². The Balaban J connectivity index is 1.83. The van der Waals surface area contributed by atoms with E-state index >= 15 is 0 Å². The summed E-state index contributed by atoms with van der Waals surface area (Å²) in [5.41, 5.74) is 0.777. The summed E-state index contributed by atoms with van der Waals surface area (Å²) in [6, 6.07) is 0. The molecule has 2 rings (SSSR count). The molecule has 118 valence electrons. The molecule has 2 aliphatic carbocycles. The first kappa shape index (κ1) is 16.4. The lowest BCUT2D eigenvalue weighted by Gasteiger charge is -2.29. The van der Waals surface area contributed by atoms with Crippen LogP contribution >= 0.6 is 0 Å². The van der Waals surface area contributed by atoms with Crippen molar-refractivity contribution < 1.29 is 0 Å². The summed E-state index contributed by atoms with van der Waals surface area (Å²) in [5.74, 6) is 1.09. The maximum atomic E-state index is 2.40. The minimum absolute atomic E-state index is 0.777. The van der Waals surface area contributed by atoms with Gasteiger partial charge in [-0.15, -0.1) is 0 Å². The maximum Gasteiger partial charge on any atom is -0.0295 e. The Hall–Kier alpha value is 0. The minimum atomic E-state index is 0.777. The molecule has 0 N–H and O–H groups in total. The number of hydrogen-bond acceptors (Lipinski definition) is 0. The molecule has 0 aromatic rings. The summed E-state index contributed by atoms with van der Waals surface area (Å²) in [5, 5.41) is 0. The average Bonchev–Trinajstić information content (AvgIpc) is 2.83. The summed E-state index contributed by atoms with van der Waals surface area (Å²) >= 11 is 0. The van der Waals surface area contributed by atoms with E-state index in [2.05, 4.69) is 6.92 Å².